The van der Waals surface area contributed by atoms with Gasteiger partial charge in [0, 0.05) is 6.08 Å². The van der Waals surface area contributed by atoms with Crippen LogP contribution in [0.5, 0.6) is 5.75 Å². The third-order valence-corrected chi connectivity index (χ3v) is 3.28. The molecule has 1 rings (SSSR count). The van der Waals surface area contributed by atoms with Gasteiger partial charge in [0.05, 0.1) is 0 Å². The molecule has 1 aromatic rings. The van der Waals surface area contributed by atoms with Gasteiger partial charge in [-0.05, 0) is 69.4 Å². The number of carboxylic acids is 1. The maximum atomic E-state index is 10.5. The van der Waals surface area contributed by atoms with Gasteiger partial charge in [0.15, 0.2) is 0 Å². The van der Waals surface area contributed by atoms with Gasteiger partial charge in [0.2, 0.25) is 0 Å². The number of allylic oxidation sites excluding steroid dienone is 4. The van der Waals surface area contributed by atoms with Crippen molar-refractivity contribution >= 4 is 12.0 Å². The second kappa shape index (κ2) is 8.88. The molecule has 0 aliphatic heterocycles. The molecule has 0 saturated carbocycles. The molecule has 0 spiro atoms. The predicted molar refractivity (Wildman–Crippen MR) is 90.9 cm³/mol. The summed E-state index contributed by atoms with van der Waals surface area (Å²) < 4.78 is 0. The van der Waals surface area contributed by atoms with Crippen LogP contribution in [0.1, 0.15) is 44.7 Å². The van der Waals surface area contributed by atoms with E-state index in [2.05, 4.69) is 32.9 Å². The smallest absolute Gasteiger partial charge is 0.328 e. The highest BCUT2D eigenvalue weighted by molar-refractivity contribution is 5.85. The van der Waals surface area contributed by atoms with Crippen LogP contribution in [0.15, 0.2) is 47.6 Å². The molecule has 0 aliphatic rings. The van der Waals surface area contributed by atoms with Crippen molar-refractivity contribution in [2.45, 2.75) is 40.0 Å². The van der Waals surface area contributed by atoms with E-state index >= 15 is 0 Å². The number of aromatic hydroxyl groups is 1. The van der Waals surface area contributed by atoms with E-state index in [0.717, 1.165) is 30.0 Å². The summed E-state index contributed by atoms with van der Waals surface area (Å²) in [5, 5.41) is 18.5. The molecule has 1 aromatic carbocycles. The second-order valence-electron chi connectivity index (χ2n) is 5.63. The molecule has 0 heterocycles. The predicted octanol–water partition coefficient (Wildman–Crippen LogP) is 4.73. The highest BCUT2D eigenvalue weighted by Crippen LogP contribution is 2.21. The first-order valence-electron chi connectivity index (χ1n) is 7.40. The van der Waals surface area contributed by atoms with Crippen LogP contribution in [0.3, 0.4) is 0 Å². The molecule has 2 N–H and O–H groups in total. The summed E-state index contributed by atoms with van der Waals surface area (Å²) in [6.45, 7) is 6.27. The van der Waals surface area contributed by atoms with Gasteiger partial charge in [-0.2, -0.15) is 0 Å². The summed E-state index contributed by atoms with van der Waals surface area (Å²) in [6, 6.07) is 5.11. The maximum Gasteiger partial charge on any atom is 0.328 e. The van der Waals surface area contributed by atoms with Gasteiger partial charge in [0.25, 0.3) is 0 Å². The van der Waals surface area contributed by atoms with Crippen molar-refractivity contribution in [3.05, 3.63) is 58.7 Å². The number of hydrogen-bond acceptors (Lipinski definition) is 2. The third kappa shape index (κ3) is 6.93. The SMILES string of the molecule is CC(C)=CCC/C(C)=C/Cc1cc(/C=C/C(=O)O)ccc1O. The second-order valence-corrected chi connectivity index (χ2v) is 5.63. The average Bonchev–Trinajstić information content (AvgIpc) is 2.44. The van der Waals surface area contributed by atoms with E-state index in [1.807, 2.05) is 6.07 Å². The largest absolute Gasteiger partial charge is 0.508 e. The Morgan fingerprint density at radius 1 is 1.18 bits per heavy atom. The number of phenolic OH excluding ortho intramolecular Hbond substituents is 1. The van der Waals surface area contributed by atoms with E-state index in [-0.39, 0.29) is 5.75 Å². The molecular weight excluding hydrogens is 276 g/mol. The van der Waals surface area contributed by atoms with Crippen molar-refractivity contribution in [2.24, 2.45) is 0 Å². The molecule has 22 heavy (non-hydrogen) atoms. The summed E-state index contributed by atoms with van der Waals surface area (Å²) in [7, 11) is 0. The fourth-order valence-electron chi connectivity index (χ4n) is 2.01. The van der Waals surface area contributed by atoms with Gasteiger partial charge in [-0.25, -0.2) is 4.79 Å². The third-order valence-electron chi connectivity index (χ3n) is 3.28. The molecule has 118 valence electrons. The Hall–Kier alpha value is -2.29. The highest BCUT2D eigenvalue weighted by Gasteiger charge is 2.01. The molecule has 3 heteroatoms. The van der Waals surface area contributed by atoms with Crippen molar-refractivity contribution in [3.63, 3.8) is 0 Å². The molecule has 0 unspecified atom stereocenters. The normalized spacial score (nSPS) is 11.7. The average molecular weight is 300 g/mol. The molecule has 0 aromatic heterocycles. The maximum absolute atomic E-state index is 10.5. The Kier molecular flexibility index (Phi) is 7.17. The van der Waals surface area contributed by atoms with Crippen molar-refractivity contribution in [1.82, 2.24) is 0 Å². The Balaban J connectivity index is 2.73. The summed E-state index contributed by atoms with van der Waals surface area (Å²) >= 11 is 0. The van der Waals surface area contributed by atoms with Crippen LogP contribution in [-0.2, 0) is 11.2 Å². The van der Waals surface area contributed by atoms with E-state index in [1.165, 1.54) is 17.2 Å². The number of carboxylic acid groups (broad SMARTS) is 1. The summed E-state index contributed by atoms with van der Waals surface area (Å²) in [5.41, 5.74) is 4.17. The van der Waals surface area contributed by atoms with Crippen molar-refractivity contribution < 1.29 is 15.0 Å². The standard InChI is InChI=1S/C19H24O3/c1-14(2)5-4-6-15(3)7-10-17-13-16(8-11-18(17)20)9-12-19(21)22/h5,7-9,11-13,20H,4,6,10H2,1-3H3,(H,21,22)/b12-9+,15-7+. The zero-order valence-electron chi connectivity index (χ0n) is 13.5. The minimum absolute atomic E-state index is 0.237. The minimum Gasteiger partial charge on any atom is -0.508 e. The molecule has 3 nitrogen and oxygen atoms in total. The van der Waals surface area contributed by atoms with Gasteiger partial charge in [-0.1, -0.05) is 29.4 Å². The first kappa shape index (κ1) is 17.8. The monoisotopic (exact) mass is 300 g/mol. The van der Waals surface area contributed by atoms with Gasteiger partial charge in [0.1, 0.15) is 5.75 Å². The molecule has 0 atom stereocenters. The fraction of sp³-hybridized carbons (Fsp3) is 0.316. The number of carbonyl (C=O) groups is 1. The topological polar surface area (TPSA) is 57.5 Å². The van der Waals surface area contributed by atoms with Crippen molar-refractivity contribution in [1.29, 1.82) is 0 Å². The molecule has 0 fully saturated rings. The van der Waals surface area contributed by atoms with Crippen LogP contribution in [0, 0.1) is 0 Å². The van der Waals surface area contributed by atoms with Gasteiger partial charge >= 0.3 is 5.97 Å². The zero-order valence-corrected chi connectivity index (χ0v) is 13.5. The fourth-order valence-corrected chi connectivity index (χ4v) is 2.01. The van der Waals surface area contributed by atoms with Gasteiger partial charge < -0.3 is 10.2 Å². The Morgan fingerprint density at radius 2 is 1.91 bits per heavy atom. The van der Waals surface area contributed by atoms with E-state index in [4.69, 9.17) is 5.11 Å². The molecule has 0 aliphatic carbocycles. The quantitative estimate of drug-likeness (QED) is 0.565. The Bertz CT molecular complexity index is 603. The van der Waals surface area contributed by atoms with Crippen LogP contribution >= 0.6 is 0 Å². The molecule has 0 saturated heterocycles. The van der Waals surface area contributed by atoms with Crippen LogP contribution in [0.25, 0.3) is 6.08 Å². The first-order valence-corrected chi connectivity index (χ1v) is 7.40. The lowest BCUT2D eigenvalue weighted by Crippen LogP contribution is -1.88. The van der Waals surface area contributed by atoms with E-state index in [0.29, 0.717) is 6.42 Å². The van der Waals surface area contributed by atoms with E-state index < -0.39 is 5.97 Å². The lowest BCUT2D eigenvalue weighted by atomic mass is 10.0. The molecule has 0 bridgehead atoms. The number of aliphatic carboxylic acids is 1. The number of hydrogen-bond donors (Lipinski definition) is 2. The van der Waals surface area contributed by atoms with Crippen LogP contribution in [0.2, 0.25) is 0 Å². The number of benzene rings is 1. The molecular formula is C19H24O3. The Labute approximate surface area is 132 Å². The highest BCUT2D eigenvalue weighted by atomic mass is 16.4. The Morgan fingerprint density at radius 3 is 2.55 bits per heavy atom. The van der Waals surface area contributed by atoms with Crippen LogP contribution in [0.4, 0.5) is 0 Å². The lowest BCUT2D eigenvalue weighted by molar-refractivity contribution is -0.131. The summed E-state index contributed by atoms with van der Waals surface area (Å²) in [4.78, 5) is 10.5. The van der Waals surface area contributed by atoms with E-state index in [1.54, 1.807) is 12.1 Å². The van der Waals surface area contributed by atoms with Crippen LogP contribution in [-0.4, -0.2) is 16.2 Å². The van der Waals surface area contributed by atoms with Gasteiger partial charge in [-0.15, -0.1) is 0 Å². The van der Waals surface area contributed by atoms with E-state index in [9.17, 15) is 9.90 Å². The van der Waals surface area contributed by atoms with Crippen molar-refractivity contribution in [3.8, 4) is 5.75 Å². The van der Waals surface area contributed by atoms with Crippen LogP contribution < -0.4 is 0 Å². The number of rotatable bonds is 7. The summed E-state index contributed by atoms with van der Waals surface area (Å²) in [5.74, 6) is -0.745. The minimum atomic E-state index is -0.982. The first-order chi connectivity index (χ1) is 10.4. The van der Waals surface area contributed by atoms with Crippen molar-refractivity contribution in [2.75, 3.05) is 0 Å². The number of phenols is 1. The molecule has 0 amide bonds. The zero-order chi connectivity index (χ0) is 16.5. The van der Waals surface area contributed by atoms with Gasteiger partial charge in [-0.3, -0.25) is 0 Å². The molecule has 0 radical (unpaired) electrons. The lowest BCUT2D eigenvalue weighted by Gasteiger charge is -2.05. The summed E-state index contributed by atoms with van der Waals surface area (Å²) in [6.07, 6.45) is 9.61.